The SMILES string of the molecule is COc1cc([N+](=O)[O-])cc([C@@H]2CCCCN2)c1O. The van der Waals surface area contributed by atoms with Gasteiger partial charge in [-0.25, -0.2) is 0 Å². The Morgan fingerprint density at radius 1 is 1.50 bits per heavy atom. The highest BCUT2D eigenvalue weighted by atomic mass is 16.6. The molecular formula is C12H16N2O4. The maximum absolute atomic E-state index is 10.9. The summed E-state index contributed by atoms with van der Waals surface area (Å²) < 4.78 is 4.99. The topological polar surface area (TPSA) is 84.6 Å². The number of aromatic hydroxyl groups is 1. The molecule has 1 atom stereocenters. The van der Waals surface area contributed by atoms with Gasteiger partial charge in [0, 0.05) is 17.7 Å². The molecule has 0 saturated carbocycles. The molecule has 0 unspecified atom stereocenters. The molecule has 1 aliphatic heterocycles. The monoisotopic (exact) mass is 252 g/mol. The van der Waals surface area contributed by atoms with Crippen molar-refractivity contribution in [2.45, 2.75) is 25.3 Å². The number of nitro groups is 1. The summed E-state index contributed by atoms with van der Waals surface area (Å²) in [5.41, 5.74) is 0.479. The molecule has 2 rings (SSSR count). The molecule has 18 heavy (non-hydrogen) atoms. The van der Waals surface area contributed by atoms with E-state index in [4.69, 9.17) is 4.74 Å². The minimum atomic E-state index is -0.478. The van der Waals surface area contributed by atoms with Crippen LogP contribution in [0.25, 0.3) is 0 Å². The van der Waals surface area contributed by atoms with Crippen LogP contribution in [0.4, 0.5) is 5.69 Å². The third-order valence-electron chi connectivity index (χ3n) is 3.21. The van der Waals surface area contributed by atoms with Crippen LogP contribution in [0.15, 0.2) is 12.1 Å². The molecule has 0 aromatic heterocycles. The molecule has 6 heteroatoms. The Bertz CT molecular complexity index is 456. The summed E-state index contributed by atoms with van der Waals surface area (Å²) >= 11 is 0. The van der Waals surface area contributed by atoms with E-state index in [1.165, 1.54) is 19.2 Å². The Morgan fingerprint density at radius 2 is 2.28 bits per heavy atom. The Balaban J connectivity index is 2.43. The Labute approximate surface area is 105 Å². The number of ether oxygens (including phenoxy) is 1. The van der Waals surface area contributed by atoms with Crippen molar-refractivity contribution in [1.82, 2.24) is 5.32 Å². The Morgan fingerprint density at radius 3 is 2.83 bits per heavy atom. The van der Waals surface area contributed by atoms with Crippen LogP contribution in [-0.4, -0.2) is 23.7 Å². The van der Waals surface area contributed by atoms with Crippen LogP contribution in [-0.2, 0) is 0 Å². The zero-order valence-corrected chi connectivity index (χ0v) is 10.2. The number of hydrogen-bond acceptors (Lipinski definition) is 5. The molecule has 1 heterocycles. The molecule has 1 fully saturated rings. The maximum Gasteiger partial charge on any atom is 0.273 e. The van der Waals surface area contributed by atoms with Crippen molar-refractivity contribution in [2.75, 3.05) is 13.7 Å². The number of phenols is 1. The molecule has 0 bridgehead atoms. The quantitative estimate of drug-likeness (QED) is 0.635. The van der Waals surface area contributed by atoms with Gasteiger partial charge in [-0.05, 0) is 19.4 Å². The van der Waals surface area contributed by atoms with Gasteiger partial charge in [0.15, 0.2) is 11.5 Å². The largest absolute Gasteiger partial charge is 0.504 e. The fourth-order valence-corrected chi connectivity index (χ4v) is 2.26. The van der Waals surface area contributed by atoms with E-state index in [9.17, 15) is 15.2 Å². The predicted molar refractivity (Wildman–Crippen MR) is 65.9 cm³/mol. The lowest BCUT2D eigenvalue weighted by Gasteiger charge is -2.24. The van der Waals surface area contributed by atoms with E-state index in [1.807, 2.05) is 0 Å². The van der Waals surface area contributed by atoms with Crippen molar-refractivity contribution in [3.05, 3.63) is 27.8 Å². The maximum atomic E-state index is 10.9. The van der Waals surface area contributed by atoms with E-state index >= 15 is 0 Å². The molecule has 1 aromatic rings. The highest BCUT2D eigenvalue weighted by Gasteiger charge is 2.24. The van der Waals surface area contributed by atoms with Gasteiger partial charge in [0.2, 0.25) is 0 Å². The lowest BCUT2D eigenvalue weighted by atomic mass is 9.96. The molecule has 0 amide bonds. The predicted octanol–water partition coefficient (Wildman–Crippen LogP) is 2.12. The number of methoxy groups -OCH3 is 1. The minimum absolute atomic E-state index is 0.0116. The zero-order chi connectivity index (χ0) is 13.1. The number of rotatable bonds is 3. The molecule has 98 valence electrons. The van der Waals surface area contributed by atoms with Crippen LogP contribution < -0.4 is 10.1 Å². The van der Waals surface area contributed by atoms with Crippen LogP contribution in [0, 0.1) is 10.1 Å². The number of nitro benzene ring substituents is 1. The first-order valence-corrected chi connectivity index (χ1v) is 5.92. The van der Waals surface area contributed by atoms with Gasteiger partial charge in [0.25, 0.3) is 5.69 Å². The zero-order valence-electron chi connectivity index (χ0n) is 10.2. The van der Waals surface area contributed by atoms with E-state index in [2.05, 4.69) is 5.32 Å². The molecule has 0 spiro atoms. The lowest BCUT2D eigenvalue weighted by Crippen LogP contribution is -2.26. The summed E-state index contributed by atoms with van der Waals surface area (Å²) in [6, 6.07) is 2.61. The van der Waals surface area contributed by atoms with E-state index in [0.29, 0.717) is 5.56 Å². The van der Waals surface area contributed by atoms with Gasteiger partial charge < -0.3 is 15.2 Å². The number of non-ortho nitro benzene ring substituents is 1. The normalized spacial score (nSPS) is 19.5. The number of piperidine rings is 1. The third kappa shape index (κ3) is 2.38. The van der Waals surface area contributed by atoms with Gasteiger partial charge in [0.1, 0.15) is 0 Å². The van der Waals surface area contributed by atoms with Crippen molar-refractivity contribution >= 4 is 5.69 Å². The fourth-order valence-electron chi connectivity index (χ4n) is 2.26. The van der Waals surface area contributed by atoms with Crippen molar-refractivity contribution in [3.8, 4) is 11.5 Å². The van der Waals surface area contributed by atoms with Gasteiger partial charge >= 0.3 is 0 Å². The van der Waals surface area contributed by atoms with Crippen molar-refractivity contribution in [2.24, 2.45) is 0 Å². The smallest absolute Gasteiger partial charge is 0.273 e. The van der Waals surface area contributed by atoms with E-state index in [1.54, 1.807) is 0 Å². The van der Waals surface area contributed by atoms with Gasteiger partial charge in [-0.2, -0.15) is 0 Å². The standard InChI is InChI=1S/C12H16N2O4/c1-18-11-7-8(14(16)17)6-9(12(11)15)10-4-2-3-5-13-10/h6-7,10,13,15H,2-5H2,1H3/t10-/m0/s1. The first kappa shape index (κ1) is 12.6. The van der Waals surface area contributed by atoms with Crippen LogP contribution in [0.1, 0.15) is 30.9 Å². The van der Waals surface area contributed by atoms with Crippen molar-refractivity contribution in [3.63, 3.8) is 0 Å². The number of hydrogen-bond donors (Lipinski definition) is 2. The summed E-state index contributed by atoms with van der Waals surface area (Å²) in [6.07, 6.45) is 2.99. The molecule has 1 saturated heterocycles. The summed E-state index contributed by atoms with van der Waals surface area (Å²) in [5.74, 6) is 0.133. The number of nitrogens with zero attached hydrogens (tertiary/aromatic N) is 1. The highest BCUT2D eigenvalue weighted by molar-refractivity contribution is 5.54. The molecule has 6 nitrogen and oxygen atoms in total. The van der Waals surface area contributed by atoms with Crippen LogP contribution in [0.5, 0.6) is 11.5 Å². The summed E-state index contributed by atoms with van der Waals surface area (Å²) in [7, 11) is 1.39. The second-order valence-electron chi connectivity index (χ2n) is 4.35. The first-order valence-electron chi connectivity index (χ1n) is 5.92. The second-order valence-corrected chi connectivity index (χ2v) is 4.35. The highest BCUT2D eigenvalue weighted by Crippen LogP contribution is 2.39. The average Bonchev–Trinajstić information content (AvgIpc) is 2.39. The summed E-state index contributed by atoms with van der Waals surface area (Å²) in [4.78, 5) is 10.4. The van der Waals surface area contributed by atoms with Gasteiger partial charge in [-0.1, -0.05) is 6.42 Å². The van der Waals surface area contributed by atoms with E-state index in [0.717, 1.165) is 25.8 Å². The lowest BCUT2D eigenvalue weighted by molar-refractivity contribution is -0.385. The Hall–Kier alpha value is -1.82. The molecule has 0 aliphatic carbocycles. The molecule has 2 N–H and O–H groups in total. The molecule has 1 aromatic carbocycles. The minimum Gasteiger partial charge on any atom is -0.504 e. The van der Waals surface area contributed by atoms with Gasteiger partial charge in [0.05, 0.1) is 18.1 Å². The van der Waals surface area contributed by atoms with E-state index in [-0.39, 0.29) is 23.2 Å². The van der Waals surface area contributed by atoms with Crippen molar-refractivity contribution < 1.29 is 14.8 Å². The molecule has 0 radical (unpaired) electrons. The summed E-state index contributed by atoms with van der Waals surface area (Å²) in [6.45, 7) is 0.856. The van der Waals surface area contributed by atoms with Crippen LogP contribution in [0.3, 0.4) is 0 Å². The third-order valence-corrected chi connectivity index (χ3v) is 3.21. The van der Waals surface area contributed by atoms with E-state index < -0.39 is 4.92 Å². The van der Waals surface area contributed by atoms with Crippen LogP contribution >= 0.6 is 0 Å². The van der Waals surface area contributed by atoms with Crippen molar-refractivity contribution in [1.29, 1.82) is 0 Å². The average molecular weight is 252 g/mol. The first-order chi connectivity index (χ1) is 8.63. The Kier molecular flexibility index (Phi) is 3.66. The number of benzene rings is 1. The van der Waals surface area contributed by atoms with Crippen LogP contribution in [0.2, 0.25) is 0 Å². The van der Waals surface area contributed by atoms with Gasteiger partial charge in [-0.3, -0.25) is 10.1 Å². The second kappa shape index (κ2) is 5.22. The summed E-state index contributed by atoms with van der Waals surface area (Å²) in [5, 5.41) is 24.2. The molecular weight excluding hydrogens is 236 g/mol. The van der Waals surface area contributed by atoms with Gasteiger partial charge in [-0.15, -0.1) is 0 Å². The fraction of sp³-hybridized carbons (Fsp3) is 0.500. The number of nitrogens with one attached hydrogen (secondary N) is 1. The molecule has 1 aliphatic rings. The number of phenolic OH excluding ortho intramolecular Hbond substituents is 1.